The molecule has 2 aromatic carbocycles. The number of hydrogen-bond donors (Lipinski definition) is 2. The molecule has 0 aliphatic carbocycles. The molecule has 0 amide bonds. The van der Waals surface area contributed by atoms with E-state index in [0.717, 1.165) is 37.0 Å². The number of ether oxygens (including phenoxy) is 1. The normalized spacial score (nSPS) is 12.1. The van der Waals surface area contributed by atoms with Crippen LogP contribution in [0.3, 0.4) is 0 Å². The molecule has 3 heteroatoms. The molecule has 0 saturated heterocycles. The van der Waals surface area contributed by atoms with Gasteiger partial charge in [0.05, 0.1) is 6.61 Å². The van der Waals surface area contributed by atoms with Gasteiger partial charge in [-0.15, -0.1) is 0 Å². The Morgan fingerprint density at radius 1 is 1.00 bits per heavy atom. The average molecular weight is 314 g/mol. The van der Waals surface area contributed by atoms with E-state index < -0.39 is 0 Å². The van der Waals surface area contributed by atoms with Crippen molar-refractivity contribution in [2.24, 2.45) is 0 Å². The van der Waals surface area contributed by atoms with Crippen LogP contribution in [0.1, 0.15) is 43.2 Å². The van der Waals surface area contributed by atoms with Crippen LogP contribution in [-0.2, 0) is 6.42 Å². The highest BCUT2D eigenvalue weighted by molar-refractivity contribution is 5.30. The molecule has 2 rings (SSSR count). The summed E-state index contributed by atoms with van der Waals surface area (Å²) in [6.45, 7) is 3.06. The van der Waals surface area contributed by atoms with Crippen molar-refractivity contribution in [3.63, 3.8) is 0 Å². The van der Waals surface area contributed by atoms with Gasteiger partial charge in [0.15, 0.2) is 0 Å². The summed E-state index contributed by atoms with van der Waals surface area (Å²) in [4.78, 5) is 0. The zero-order valence-corrected chi connectivity index (χ0v) is 13.7. The maximum Gasteiger partial charge on any atom is 0.119 e. The number of phenolic OH excluding ortho intramolecular Hbond substituents is 1. The molecule has 0 saturated carbocycles. The van der Waals surface area contributed by atoms with E-state index in [9.17, 15) is 5.11 Å². The molecule has 1 unspecified atom stereocenters. The van der Waals surface area contributed by atoms with Crippen LogP contribution in [0.4, 0.5) is 0 Å². The second kappa shape index (κ2) is 9.21. The lowest BCUT2D eigenvalue weighted by Crippen LogP contribution is -2.02. The van der Waals surface area contributed by atoms with Crippen LogP contribution in [0, 0.1) is 0 Å². The van der Waals surface area contributed by atoms with Gasteiger partial charge < -0.3 is 14.9 Å². The maximum absolute atomic E-state index is 9.26. The highest BCUT2D eigenvalue weighted by Gasteiger charge is 2.09. The van der Waals surface area contributed by atoms with Crippen LogP contribution in [0.2, 0.25) is 0 Å². The molecule has 3 nitrogen and oxygen atoms in total. The summed E-state index contributed by atoms with van der Waals surface area (Å²) in [5.41, 5.74) is 2.46. The third-order valence-electron chi connectivity index (χ3n) is 4.15. The Kier molecular flexibility index (Phi) is 6.95. The predicted octanol–water partition coefficient (Wildman–Crippen LogP) is 4.28. The molecule has 0 spiro atoms. The van der Waals surface area contributed by atoms with Gasteiger partial charge in [-0.3, -0.25) is 0 Å². The molecule has 2 N–H and O–H groups in total. The first-order chi connectivity index (χ1) is 11.2. The van der Waals surface area contributed by atoms with Gasteiger partial charge >= 0.3 is 0 Å². The summed E-state index contributed by atoms with van der Waals surface area (Å²) in [7, 11) is 0. The minimum Gasteiger partial charge on any atom is -0.508 e. The van der Waals surface area contributed by atoms with Gasteiger partial charge in [-0.1, -0.05) is 31.2 Å². The van der Waals surface area contributed by atoms with Gasteiger partial charge in [-0.25, -0.2) is 0 Å². The van der Waals surface area contributed by atoms with Crippen molar-refractivity contribution in [1.29, 1.82) is 0 Å². The number of rotatable bonds is 9. The lowest BCUT2D eigenvalue weighted by Gasteiger charge is -2.15. The number of phenols is 1. The fourth-order valence-electron chi connectivity index (χ4n) is 2.73. The zero-order valence-electron chi connectivity index (χ0n) is 13.7. The first-order valence-corrected chi connectivity index (χ1v) is 8.34. The Balaban J connectivity index is 1.83. The molecule has 1 atom stereocenters. The highest BCUT2D eigenvalue weighted by atomic mass is 16.5. The second-order valence-electron chi connectivity index (χ2n) is 5.80. The third kappa shape index (κ3) is 5.61. The summed E-state index contributed by atoms with van der Waals surface area (Å²) in [5.74, 6) is 1.68. The summed E-state index contributed by atoms with van der Waals surface area (Å²) in [5, 5.41) is 18.2. The van der Waals surface area contributed by atoms with Crippen molar-refractivity contribution in [2.75, 3.05) is 13.2 Å². The van der Waals surface area contributed by atoms with E-state index in [2.05, 4.69) is 19.1 Å². The van der Waals surface area contributed by atoms with Crippen molar-refractivity contribution in [2.45, 2.75) is 38.5 Å². The van der Waals surface area contributed by atoms with E-state index in [-0.39, 0.29) is 12.4 Å². The predicted molar refractivity (Wildman–Crippen MR) is 93.1 cm³/mol. The fraction of sp³-hybridized carbons (Fsp3) is 0.400. The summed E-state index contributed by atoms with van der Waals surface area (Å²) < 4.78 is 5.79. The van der Waals surface area contributed by atoms with Gasteiger partial charge in [0.25, 0.3) is 0 Å². The lowest BCUT2D eigenvalue weighted by atomic mass is 9.92. The molecular weight excluding hydrogens is 288 g/mol. The molecule has 23 heavy (non-hydrogen) atoms. The van der Waals surface area contributed by atoms with Crippen LogP contribution in [0.15, 0.2) is 48.5 Å². The van der Waals surface area contributed by atoms with Gasteiger partial charge in [-0.05, 0) is 60.6 Å². The number of benzene rings is 2. The van der Waals surface area contributed by atoms with Gasteiger partial charge in [0.2, 0.25) is 0 Å². The minimum absolute atomic E-state index is 0.259. The van der Waals surface area contributed by atoms with Crippen LogP contribution in [0.5, 0.6) is 11.5 Å². The van der Waals surface area contributed by atoms with E-state index >= 15 is 0 Å². The van der Waals surface area contributed by atoms with Crippen molar-refractivity contribution >= 4 is 0 Å². The zero-order chi connectivity index (χ0) is 16.5. The molecule has 0 heterocycles. The minimum atomic E-state index is 0.259. The van der Waals surface area contributed by atoms with Gasteiger partial charge in [0.1, 0.15) is 11.5 Å². The molecule has 124 valence electrons. The second-order valence-corrected chi connectivity index (χ2v) is 5.80. The van der Waals surface area contributed by atoms with Crippen molar-refractivity contribution < 1.29 is 14.9 Å². The Labute approximate surface area is 138 Å². The summed E-state index contributed by atoms with van der Waals surface area (Å²) >= 11 is 0. The first-order valence-electron chi connectivity index (χ1n) is 8.34. The van der Waals surface area contributed by atoms with Crippen molar-refractivity contribution in [1.82, 2.24) is 0 Å². The van der Waals surface area contributed by atoms with E-state index in [1.807, 2.05) is 24.3 Å². The quantitative estimate of drug-likeness (QED) is 0.726. The number of hydrogen-bond acceptors (Lipinski definition) is 3. The largest absolute Gasteiger partial charge is 0.508 e. The molecule has 0 aromatic heterocycles. The fourth-order valence-corrected chi connectivity index (χ4v) is 2.73. The Morgan fingerprint density at radius 2 is 1.70 bits per heavy atom. The molecule has 0 fully saturated rings. The number of aromatic hydroxyl groups is 1. The smallest absolute Gasteiger partial charge is 0.119 e. The summed E-state index contributed by atoms with van der Waals surface area (Å²) in [6, 6.07) is 15.5. The maximum atomic E-state index is 9.26. The third-order valence-corrected chi connectivity index (χ3v) is 4.15. The SMILES string of the molecule is CCC(CCCO)c1ccc(OCCc2ccc(O)cc2)cc1. The molecule has 0 aliphatic heterocycles. The monoisotopic (exact) mass is 314 g/mol. The standard InChI is InChI=1S/C20H26O3/c1-2-17(4-3-14-21)18-7-11-20(12-8-18)23-15-13-16-5-9-19(22)10-6-16/h5-12,17,21-22H,2-4,13-15H2,1H3. The first kappa shape index (κ1) is 17.4. The molecule has 0 aliphatic rings. The topological polar surface area (TPSA) is 49.7 Å². The summed E-state index contributed by atoms with van der Waals surface area (Å²) in [6.07, 6.45) is 3.77. The molecule has 0 bridgehead atoms. The van der Waals surface area contributed by atoms with Gasteiger partial charge in [0, 0.05) is 13.0 Å². The van der Waals surface area contributed by atoms with Crippen LogP contribution >= 0.6 is 0 Å². The van der Waals surface area contributed by atoms with Crippen molar-refractivity contribution in [3.05, 3.63) is 59.7 Å². The van der Waals surface area contributed by atoms with Crippen LogP contribution < -0.4 is 4.74 Å². The lowest BCUT2D eigenvalue weighted by molar-refractivity contribution is 0.279. The van der Waals surface area contributed by atoms with E-state index in [0.29, 0.717) is 12.5 Å². The Hall–Kier alpha value is -2.00. The molecular formula is C20H26O3. The number of aliphatic hydroxyl groups excluding tert-OH is 1. The van der Waals surface area contributed by atoms with E-state index in [1.54, 1.807) is 12.1 Å². The molecule has 0 radical (unpaired) electrons. The highest BCUT2D eigenvalue weighted by Crippen LogP contribution is 2.26. The number of aliphatic hydroxyl groups is 1. The molecule has 2 aromatic rings. The van der Waals surface area contributed by atoms with Gasteiger partial charge in [-0.2, -0.15) is 0 Å². The average Bonchev–Trinajstić information content (AvgIpc) is 2.58. The van der Waals surface area contributed by atoms with Crippen molar-refractivity contribution in [3.8, 4) is 11.5 Å². The Bertz CT molecular complexity index is 560. The Morgan fingerprint density at radius 3 is 2.30 bits per heavy atom. The van der Waals surface area contributed by atoms with Crippen LogP contribution in [0.25, 0.3) is 0 Å². The van der Waals surface area contributed by atoms with Crippen LogP contribution in [-0.4, -0.2) is 23.4 Å². The van der Waals surface area contributed by atoms with E-state index in [1.165, 1.54) is 5.56 Å². The van der Waals surface area contributed by atoms with E-state index in [4.69, 9.17) is 9.84 Å².